The standard InChI is InChI=1S/C20H24FN3O3/c1-13(2)24-10-9-22-20(26)17(24)11-19(25)23-12-16-7-8-18(27-16)14-3-5-15(21)6-4-14/h3-8,13,17H,9-12H2,1-2H3,(H,22,26)(H,23,25)/t17-/m0/s1. The number of carbonyl (C=O) groups excluding carboxylic acids is 2. The molecule has 0 radical (unpaired) electrons. The summed E-state index contributed by atoms with van der Waals surface area (Å²) in [5.74, 6) is 0.581. The lowest BCUT2D eigenvalue weighted by Gasteiger charge is -2.37. The van der Waals surface area contributed by atoms with Crippen LogP contribution in [0.4, 0.5) is 4.39 Å². The highest BCUT2D eigenvalue weighted by atomic mass is 19.1. The predicted octanol–water partition coefficient (Wildman–Crippen LogP) is 2.30. The Labute approximate surface area is 157 Å². The molecule has 3 rings (SSSR count). The van der Waals surface area contributed by atoms with Crippen molar-refractivity contribution >= 4 is 11.8 Å². The van der Waals surface area contributed by atoms with E-state index in [1.54, 1.807) is 24.3 Å². The van der Waals surface area contributed by atoms with Gasteiger partial charge < -0.3 is 15.1 Å². The van der Waals surface area contributed by atoms with Crippen molar-refractivity contribution in [1.29, 1.82) is 0 Å². The molecule has 1 aliphatic rings. The summed E-state index contributed by atoms with van der Waals surface area (Å²) in [6, 6.07) is 9.31. The lowest BCUT2D eigenvalue weighted by molar-refractivity contribution is -0.134. The van der Waals surface area contributed by atoms with E-state index >= 15 is 0 Å². The van der Waals surface area contributed by atoms with E-state index in [0.717, 1.165) is 12.1 Å². The molecule has 0 spiro atoms. The third-order valence-electron chi connectivity index (χ3n) is 4.66. The zero-order chi connectivity index (χ0) is 19.4. The fourth-order valence-corrected chi connectivity index (χ4v) is 3.24. The van der Waals surface area contributed by atoms with Crippen LogP contribution < -0.4 is 10.6 Å². The number of benzene rings is 1. The van der Waals surface area contributed by atoms with E-state index < -0.39 is 6.04 Å². The van der Waals surface area contributed by atoms with Crippen LogP contribution >= 0.6 is 0 Å². The molecule has 6 nitrogen and oxygen atoms in total. The highest BCUT2D eigenvalue weighted by Gasteiger charge is 2.32. The fourth-order valence-electron chi connectivity index (χ4n) is 3.24. The minimum Gasteiger partial charge on any atom is -0.459 e. The SMILES string of the molecule is CC(C)N1CCNC(=O)[C@@H]1CC(=O)NCc1ccc(-c2ccc(F)cc2)o1. The van der Waals surface area contributed by atoms with E-state index in [1.165, 1.54) is 12.1 Å². The molecule has 2 heterocycles. The van der Waals surface area contributed by atoms with Crippen molar-refractivity contribution in [3.8, 4) is 11.3 Å². The number of hydrogen-bond acceptors (Lipinski definition) is 4. The first-order valence-electron chi connectivity index (χ1n) is 9.09. The average Bonchev–Trinajstić information content (AvgIpc) is 3.11. The van der Waals surface area contributed by atoms with E-state index in [1.807, 2.05) is 18.7 Å². The number of halogens is 1. The minimum atomic E-state index is -0.454. The van der Waals surface area contributed by atoms with Crippen molar-refractivity contribution in [3.05, 3.63) is 48.0 Å². The maximum atomic E-state index is 13.0. The van der Waals surface area contributed by atoms with Crippen LogP contribution in [-0.4, -0.2) is 41.9 Å². The summed E-state index contributed by atoms with van der Waals surface area (Å²) in [4.78, 5) is 26.5. The van der Waals surface area contributed by atoms with Gasteiger partial charge in [-0.3, -0.25) is 14.5 Å². The van der Waals surface area contributed by atoms with E-state index in [9.17, 15) is 14.0 Å². The van der Waals surface area contributed by atoms with Gasteiger partial charge in [-0.2, -0.15) is 0 Å². The van der Waals surface area contributed by atoms with Crippen molar-refractivity contribution in [2.45, 2.75) is 38.9 Å². The second-order valence-electron chi connectivity index (χ2n) is 6.89. The predicted molar refractivity (Wildman–Crippen MR) is 99.2 cm³/mol. The van der Waals surface area contributed by atoms with Gasteiger partial charge in [0.05, 0.1) is 19.0 Å². The van der Waals surface area contributed by atoms with Crippen LogP contribution in [0.3, 0.4) is 0 Å². The number of rotatable bonds is 6. The summed E-state index contributed by atoms with van der Waals surface area (Å²) in [5.41, 5.74) is 0.764. The second kappa shape index (κ2) is 8.35. The maximum absolute atomic E-state index is 13.0. The van der Waals surface area contributed by atoms with E-state index in [4.69, 9.17) is 4.42 Å². The number of nitrogens with zero attached hydrogens (tertiary/aromatic N) is 1. The van der Waals surface area contributed by atoms with Crippen LogP contribution in [0.5, 0.6) is 0 Å². The molecule has 2 amide bonds. The molecule has 1 aromatic carbocycles. The molecular weight excluding hydrogens is 349 g/mol. The van der Waals surface area contributed by atoms with Gasteiger partial charge in [-0.05, 0) is 50.2 Å². The Hall–Kier alpha value is -2.67. The lowest BCUT2D eigenvalue weighted by atomic mass is 10.1. The number of carbonyl (C=O) groups is 2. The van der Waals surface area contributed by atoms with Gasteiger partial charge in [0.2, 0.25) is 11.8 Å². The molecule has 144 valence electrons. The normalized spacial score (nSPS) is 17.8. The van der Waals surface area contributed by atoms with Crippen molar-refractivity contribution < 1.29 is 18.4 Å². The summed E-state index contributed by atoms with van der Waals surface area (Å²) in [5, 5.41) is 5.62. The molecule has 0 bridgehead atoms. The van der Waals surface area contributed by atoms with Gasteiger partial charge in [-0.1, -0.05) is 0 Å². The van der Waals surface area contributed by atoms with Gasteiger partial charge >= 0.3 is 0 Å². The molecule has 0 unspecified atom stereocenters. The highest BCUT2D eigenvalue weighted by Crippen LogP contribution is 2.22. The maximum Gasteiger partial charge on any atom is 0.237 e. The van der Waals surface area contributed by atoms with E-state index in [0.29, 0.717) is 18.1 Å². The average molecular weight is 373 g/mol. The smallest absolute Gasteiger partial charge is 0.237 e. The molecule has 1 atom stereocenters. The minimum absolute atomic E-state index is 0.107. The molecule has 7 heteroatoms. The van der Waals surface area contributed by atoms with E-state index in [2.05, 4.69) is 10.6 Å². The molecule has 2 N–H and O–H groups in total. The van der Waals surface area contributed by atoms with Crippen LogP contribution in [0, 0.1) is 5.82 Å². The first-order valence-corrected chi connectivity index (χ1v) is 9.09. The Morgan fingerprint density at radius 3 is 2.74 bits per heavy atom. The summed E-state index contributed by atoms with van der Waals surface area (Å²) >= 11 is 0. The van der Waals surface area contributed by atoms with Crippen molar-refractivity contribution in [3.63, 3.8) is 0 Å². The molecular formula is C20H24FN3O3. The quantitative estimate of drug-likeness (QED) is 0.815. The van der Waals surface area contributed by atoms with E-state index in [-0.39, 0.29) is 36.6 Å². The van der Waals surface area contributed by atoms with Crippen molar-refractivity contribution in [2.24, 2.45) is 0 Å². The molecule has 0 aliphatic carbocycles. The number of nitrogens with one attached hydrogen (secondary N) is 2. The number of amides is 2. The second-order valence-corrected chi connectivity index (χ2v) is 6.89. The fraction of sp³-hybridized carbons (Fsp3) is 0.400. The number of piperazine rings is 1. The first kappa shape index (κ1) is 19.1. The molecule has 1 saturated heterocycles. The lowest BCUT2D eigenvalue weighted by Crippen LogP contribution is -2.58. The van der Waals surface area contributed by atoms with Crippen LogP contribution in [-0.2, 0) is 16.1 Å². The molecule has 1 aromatic heterocycles. The zero-order valence-corrected chi connectivity index (χ0v) is 15.5. The third kappa shape index (κ3) is 4.74. The summed E-state index contributed by atoms with van der Waals surface area (Å²) < 4.78 is 18.7. The van der Waals surface area contributed by atoms with Gasteiger partial charge in [0.1, 0.15) is 17.3 Å². The Morgan fingerprint density at radius 2 is 2.04 bits per heavy atom. The van der Waals surface area contributed by atoms with Crippen molar-refractivity contribution in [2.75, 3.05) is 13.1 Å². The molecule has 2 aromatic rings. The Kier molecular flexibility index (Phi) is 5.91. The number of hydrogen-bond donors (Lipinski definition) is 2. The monoisotopic (exact) mass is 373 g/mol. The van der Waals surface area contributed by atoms with Crippen LogP contribution in [0.15, 0.2) is 40.8 Å². The van der Waals surface area contributed by atoms with Crippen LogP contribution in [0.2, 0.25) is 0 Å². The van der Waals surface area contributed by atoms with Gasteiger partial charge in [0.15, 0.2) is 0 Å². The molecule has 1 aliphatic heterocycles. The molecule has 1 fully saturated rings. The molecule has 0 saturated carbocycles. The zero-order valence-electron chi connectivity index (χ0n) is 15.5. The highest BCUT2D eigenvalue weighted by molar-refractivity contribution is 5.88. The van der Waals surface area contributed by atoms with Crippen LogP contribution in [0.25, 0.3) is 11.3 Å². The summed E-state index contributed by atoms with van der Waals surface area (Å²) in [6.45, 7) is 5.61. The summed E-state index contributed by atoms with van der Waals surface area (Å²) in [6.07, 6.45) is 0.107. The third-order valence-corrected chi connectivity index (χ3v) is 4.66. The Balaban J connectivity index is 1.56. The van der Waals surface area contributed by atoms with Gasteiger partial charge in [-0.25, -0.2) is 4.39 Å². The largest absolute Gasteiger partial charge is 0.459 e. The van der Waals surface area contributed by atoms with Gasteiger partial charge in [0.25, 0.3) is 0 Å². The van der Waals surface area contributed by atoms with Crippen LogP contribution in [0.1, 0.15) is 26.0 Å². The first-order chi connectivity index (χ1) is 12.9. The van der Waals surface area contributed by atoms with Gasteiger partial charge in [-0.15, -0.1) is 0 Å². The summed E-state index contributed by atoms with van der Waals surface area (Å²) in [7, 11) is 0. The topological polar surface area (TPSA) is 74.6 Å². The Morgan fingerprint density at radius 1 is 1.30 bits per heavy atom. The van der Waals surface area contributed by atoms with Gasteiger partial charge in [0, 0.05) is 24.7 Å². The Bertz CT molecular complexity index is 801. The van der Waals surface area contributed by atoms with Crippen molar-refractivity contribution in [1.82, 2.24) is 15.5 Å². The molecule has 27 heavy (non-hydrogen) atoms. The number of furan rings is 1.